The molecule has 0 radical (unpaired) electrons. The van der Waals surface area contributed by atoms with E-state index in [-0.39, 0.29) is 10.7 Å². The summed E-state index contributed by atoms with van der Waals surface area (Å²) >= 11 is 1.08. The van der Waals surface area contributed by atoms with Crippen molar-refractivity contribution in [1.82, 2.24) is 15.0 Å². The Morgan fingerprint density at radius 3 is 2.76 bits per heavy atom. The third-order valence-electron chi connectivity index (χ3n) is 2.75. The highest BCUT2D eigenvalue weighted by Gasteiger charge is 2.18. The molecule has 0 amide bonds. The zero-order valence-electron chi connectivity index (χ0n) is 10.6. The first-order chi connectivity index (χ1) is 10.2. The number of nitrogens with one attached hydrogen (secondary N) is 2. The number of hydrogen-bond donors (Lipinski definition) is 3. The summed E-state index contributed by atoms with van der Waals surface area (Å²) in [5.74, 6) is 5.63. The summed E-state index contributed by atoms with van der Waals surface area (Å²) in [6.45, 7) is 0. The Bertz CT molecular complexity index is 785. The minimum atomic E-state index is -0.488. The van der Waals surface area contributed by atoms with Gasteiger partial charge in [0.25, 0.3) is 0 Å². The molecule has 1 aromatic carbocycles. The Balaban J connectivity index is 2.01. The number of hydrazine groups is 1. The van der Waals surface area contributed by atoms with Crippen LogP contribution in [-0.4, -0.2) is 19.9 Å². The zero-order chi connectivity index (χ0) is 14.8. The molecule has 0 unspecified atom stereocenters. The van der Waals surface area contributed by atoms with Crippen molar-refractivity contribution in [3.8, 4) is 0 Å². The van der Waals surface area contributed by atoms with E-state index in [1.165, 1.54) is 12.1 Å². The molecule has 3 aromatic rings. The van der Waals surface area contributed by atoms with Crippen LogP contribution in [0, 0.1) is 10.1 Å². The third-order valence-corrected chi connectivity index (χ3v) is 3.63. The van der Waals surface area contributed by atoms with E-state index in [0.717, 1.165) is 22.8 Å². The predicted molar refractivity (Wildman–Crippen MR) is 78.9 cm³/mol. The summed E-state index contributed by atoms with van der Waals surface area (Å²) in [7, 11) is 0. The number of para-hydroxylation sites is 2. The van der Waals surface area contributed by atoms with Gasteiger partial charge >= 0.3 is 5.69 Å². The van der Waals surface area contributed by atoms with Gasteiger partial charge in [-0.3, -0.25) is 10.1 Å². The number of rotatable bonds is 4. The molecule has 2 heterocycles. The molecule has 0 fully saturated rings. The number of anilines is 1. The predicted octanol–water partition coefficient (Wildman–Crippen LogP) is 2.30. The van der Waals surface area contributed by atoms with Crippen molar-refractivity contribution >= 4 is 34.3 Å². The lowest BCUT2D eigenvalue weighted by molar-refractivity contribution is -0.388. The van der Waals surface area contributed by atoms with Gasteiger partial charge in [-0.15, -0.1) is 0 Å². The van der Waals surface area contributed by atoms with Crippen molar-refractivity contribution < 1.29 is 4.92 Å². The number of H-pyrrole nitrogens is 1. The maximum Gasteiger partial charge on any atom is 0.301 e. The van der Waals surface area contributed by atoms with Gasteiger partial charge in [-0.2, -0.15) is 0 Å². The summed E-state index contributed by atoms with van der Waals surface area (Å²) in [5.41, 5.74) is 3.92. The quantitative estimate of drug-likeness (QED) is 0.384. The zero-order valence-corrected chi connectivity index (χ0v) is 11.4. The van der Waals surface area contributed by atoms with Gasteiger partial charge < -0.3 is 10.4 Å². The molecule has 0 saturated carbocycles. The van der Waals surface area contributed by atoms with Crippen molar-refractivity contribution in [1.29, 1.82) is 0 Å². The Hall–Kier alpha value is -2.65. The lowest BCUT2D eigenvalue weighted by Crippen LogP contribution is -2.09. The van der Waals surface area contributed by atoms with Crippen molar-refractivity contribution in [3.63, 3.8) is 0 Å². The van der Waals surface area contributed by atoms with Gasteiger partial charge in [0.05, 0.1) is 16.0 Å². The minimum Gasteiger partial charge on any atom is -0.333 e. The second-order valence-electron chi connectivity index (χ2n) is 4.08. The highest BCUT2D eigenvalue weighted by molar-refractivity contribution is 7.99. The highest BCUT2D eigenvalue weighted by Crippen LogP contribution is 2.33. The Labute approximate surface area is 122 Å². The molecule has 106 valence electrons. The maximum atomic E-state index is 11.1. The van der Waals surface area contributed by atoms with Crippen LogP contribution in [0.3, 0.4) is 0 Å². The van der Waals surface area contributed by atoms with E-state index in [2.05, 4.69) is 20.4 Å². The molecule has 0 spiro atoms. The number of pyridine rings is 1. The van der Waals surface area contributed by atoms with E-state index >= 15 is 0 Å². The minimum absolute atomic E-state index is 0.0977. The van der Waals surface area contributed by atoms with Crippen LogP contribution >= 0.6 is 11.8 Å². The van der Waals surface area contributed by atoms with Gasteiger partial charge in [-0.25, -0.2) is 15.8 Å². The molecule has 0 atom stereocenters. The third kappa shape index (κ3) is 2.64. The van der Waals surface area contributed by atoms with Crippen molar-refractivity contribution in [3.05, 3.63) is 46.5 Å². The fourth-order valence-electron chi connectivity index (χ4n) is 1.80. The SMILES string of the molecule is NNc1ccc([N+](=O)[O-])c(Sc2nc3ccccc3[nH]2)n1. The monoisotopic (exact) mass is 302 g/mol. The molecule has 0 bridgehead atoms. The Kier molecular flexibility index (Phi) is 3.42. The van der Waals surface area contributed by atoms with Gasteiger partial charge in [0, 0.05) is 6.07 Å². The van der Waals surface area contributed by atoms with E-state index in [0.29, 0.717) is 11.0 Å². The summed E-state index contributed by atoms with van der Waals surface area (Å²) in [5, 5.41) is 11.8. The van der Waals surface area contributed by atoms with Crippen LogP contribution in [0.4, 0.5) is 11.5 Å². The lowest BCUT2D eigenvalue weighted by Gasteiger charge is -2.03. The first-order valence-electron chi connectivity index (χ1n) is 5.92. The van der Waals surface area contributed by atoms with Crippen molar-refractivity contribution in [2.45, 2.75) is 10.2 Å². The first kappa shape index (κ1) is 13.3. The average molecular weight is 302 g/mol. The number of benzene rings is 1. The number of fused-ring (bicyclic) bond motifs is 1. The Morgan fingerprint density at radius 2 is 2.05 bits per heavy atom. The average Bonchev–Trinajstić information content (AvgIpc) is 2.89. The molecule has 4 N–H and O–H groups in total. The molecule has 3 rings (SSSR count). The number of aromatic amines is 1. The smallest absolute Gasteiger partial charge is 0.301 e. The number of imidazole rings is 1. The standard InChI is InChI=1S/C12H10N6O2S/c13-17-10-6-5-9(18(19)20)11(16-10)21-12-14-7-3-1-2-4-8(7)15-12/h1-6H,13H2,(H,14,15)(H,16,17). The highest BCUT2D eigenvalue weighted by atomic mass is 32.2. The van der Waals surface area contributed by atoms with Gasteiger partial charge in [-0.1, -0.05) is 12.1 Å². The van der Waals surface area contributed by atoms with E-state index in [4.69, 9.17) is 5.84 Å². The first-order valence-corrected chi connectivity index (χ1v) is 6.73. The van der Waals surface area contributed by atoms with Gasteiger partial charge in [0.15, 0.2) is 10.2 Å². The van der Waals surface area contributed by atoms with Crippen molar-refractivity contribution in [2.75, 3.05) is 5.43 Å². The number of nitrogen functional groups attached to an aromatic ring is 1. The summed E-state index contributed by atoms with van der Waals surface area (Å²) in [4.78, 5) is 22.1. The van der Waals surface area contributed by atoms with Gasteiger partial charge in [0.1, 0.15) is 5.82 Å². The number of nitro groups is 1. The van der Waals surface area contributed by atoms with Crippen molar-refractivity contribution in [2.24, 2.45) is 5.84 Å². The molecule has 0 aliphatic heterocycles. The number of aromatic nitrogens is 3. The summed E-state index contributed by atoms with van der Waals surface area (Å²) < 4.78 is 0. The second-order valence-corrected chi connectivity index (χ2v) is 5.06. The van der Waals surface area contributed by atoms with Crippen LogP contribution in [-0.2, 0) is 0 Å². The molecule has 21 heavy (non-hydrogen) atoms. The fraction of sp³-hybridized carbons (Fsp3) is 0. The fourth-order valence-corrected chi connectivity index (χ4v) is 2.68. The normalized spacial score (nSPS) is 10.7. The van der Waals surface area contributed by atoms with Crippen LogP contribution in [0.25, 0.3) is 11.0 Å². The molecular weight excluding hydrogens is 292 g/mol. The number of nitrogens with zero attached hydrogens (tertiary/aromatic N) is 3. The van der Waals surface area contributed by atoms with E-state index < -0.39 is 4.92 Å². The summed E-state index contributed by atoms with van der Waals surface area (Å²) in [6.07, 6.45) is 0. The Morgan fingerprint density at radius 1 is 1.24 bits per heavy atom. The number of hydrogen-bond acceptors (Lipinski definition) is 7. The molecular formula is C12H10N6O2S. The van der Waals surface area contributed by atoms with Crippen LogP contribution in [0.2, 0.25) is 0 Å². The summed E-state index contributed by atoms with van der Waals surface area (Å²) in [6, 6.07) is 10.3. The maximum absolute atomic E-state index is 11.1. The second kappa shape index (κ2) is 5.38. The topological polar surface area (TPSA) is 123 Å². The molecule has 8 nitrogen and oxygen atoms in total. The van der Waals surface area contributed by atoms with E-state index in [1.54, 1.807) is 0 Å². The lowest BCUT2D eigenvalue weighted by atomic mass is 10.3. The van der Waals surface area contributed by atoms with Gasteiger partial charge in [-0.05, 0) is 30.0 Å². The van der Waals surface area contributed by atoms with Crippen LogP contribution in [0.5, 0.6) is 0 Å². The number of nitrogens with two attached hydrogens (primary N) is 1. The van der Waals surface area contributed by atoms with Crippen LogP contribution in [0.15, 0.2) is 46.6 Å². The van der Waals surface area contributed by atoms with E-state index in [9.17, 15) is 10.1 Å². The molecule has 0 aliphatic rings. The van der Waals surface area contributed by atoms with E-state index in [1.807, 2.05) is 24.3 Å². The van der Waals surface area contributed by atoms with Crippen LogP contribution in [0.1, 0.15) is 0 Å². The molecule has 9 heteroatoms. The molecule has 0 aliphatic carbocycles. The van der Waals surface area contributed by atoms with Gasteiger partial charge in [0.2, 0.25) is 0 Å². The molecule has 0 saturated heterocycles. The largest absolute Gasteiger partial charge is 0.333 e. The molecule has 2 aromatic heterocycles. The van der Waals surface area contributed by atoms with Crippen LogP contribution < -0.4 is 11.3 Å².